The van der Waals surface area contributed by atoms with E-state index in [1.807, 2.05) is 73.7 Å². The summed E-state index contributed by atoms with van der Waals surface area (Å²) in [4.78, 5) is 38.8. The Balaban J connectivity index is -0.000000432. The van der Waals surface area contributed by atoms with Crippen LogP contribution in [0, 0.1) is 20.8 Å². The van der Waals surface area contributed by atoms with Crippen LogP contribution in [0.4, 0.5) is 13.2 Å². The smallest absolute Gasteiger partial charge is 0.390 e. The number of carbonyl (C=O) groups is 3. The molecule has 0 aliphatic rings. The van der Waals surface area contributed by atoms with Gasteiger partial charge in [-0.1, -0.05) is 99.0 Å². The van der Waals surface area contributed by atoms with E-state index >= 15 is 0 Å². The number of aromatic nitrogens is 1. The Hall–Kier alpha value is -3.45. The highest BCUT2D eigenvalue weighted by Gasteiger charge is 2.29. The fourth-order valence-electron chi connectivity index (χ4n) is 3.90. The molecule has 0 unspecified atom stereocenters. The molecule has 0 spiro atoms. The van der Waals surface area contributed by atoms with E-state index in [1.165, 1.54) is 20.5 Å². The summed E-state index contributed by atoms with van der Waals surface area (Å²) in [7, 11) is 1.00. The van der Waals surface area contributed by atoms with Crippen molar-refractivity contribution in [1.29, 1.82) is 0 Å². The summed E-state index contributed by atoms with van der Waals surface area (Å²) in [5, 5.41) is 19.1. The molecule has 3 N–H and O–H groups in total. The SMILES string of the molecule is CC.CC.CC.CC.CCCCN(CC(=O)NCCC(F)(F)F)C(=O)[C@H](CC)NC(=O)c1c(C)noc1C.CO.Cc1csc2ccccc12. The van der Waals surface area contributed by atoms with Crippen LogP contribution in [0.15, 0.2) is 34.2 Å². The van der Waals surface area contributed by atoms with Crippen LogP contribution in [-0.4, -0.2) is 71.8 Å². The number of rotatable bonds is 11. The predicted octanol–water partition coefficient (Wildman–Crippen LogP) is 9.42. The molecular formula is C37H65F3N4O5S. The van der Waals surface area contributed by atoms with Crippen molar-refractivity contribution in [3.05, 3.63) is 52.2 Å². The minimum atomic E-state index is -4.37. The number of aliphatic hydroxyl groups excluding tert-OH is 1. The average molecular weight is 735 g/mol. The fourth-order valence-corrected chi connectivity index (χ4v) is 4.84. The van der Waals surface area contributed by atoms with Gasteiger partial charge in [-0.25, -0.2) is 0 Å². The van der Waals surface area contributed by atoms with Crippen molar-refractivity contribution in [3.8, 4) is 0 Å². The lowest BCUT2D eigenvalue weighted by molar-refractivity contribution is -0.140. The van der Waals surface area contributed by atoms with Crippen LogP contribution in [-0.2, 0) is 9.59 Å². The summed E-state index contributed by atoms with van der Waals surface area (Å²) in [6.45, 7) is 24.3. The fraction of sp³-hybridized carbons (Fsp3) is 0.622. The van der Waals surface area contributed by atoms with E-state index in [-0.39, 0.29) is 25.1 Å². The highest BCUT2D eigenvalue weighted by molar-refractivity contribution is 7.17. The van der Waals surface area contributed by atoms with Gasteiger partial charge in [-0.2, -0.15) is 13.2 Å². The number of thiophene rings is 1. The Bertz CT molecular complexity index is 1260. The van der Waals surface area contributed by atoms with Gasteiger partial charge in [-0.3, -0.25) is 14.4 Å². The number of aliphatic hydroxyl groups is 1. The number of halogens is 3. The summed E-state index contributed by atoms with van der Waals surface area (Å²) in [6, 6.07) is 7.60. The highest BCUT2D eigenvalue weighted by Crippen LogP contribution is 2.24. The average Bonchev–Trinajstić information content (AvgIpc) is 3.69. The van der Waals surface area contributed by atoms with E-state index in [2.05, 4.69) is 52.4 Å². The van der Waals surface area contributed by atoms with E-state index < -0.39 is 42.9 Å². The molecule has 0 aliphatic heterocycles. The molecule has 0 bridgehead atoms. The second-order valence-electron chi connectivity index (χ2n) is 9.38. The second kappa shape index (κ2) is 32.7. The predicted molar refractivity (Wildman–Crippen MR) is 203 cm³/mol. The number of aryl methyl sites for hydroxylation is 3. The van der Waals surface area contributed by atoms with Gasteiger partial charge >= 0.3 is 6.18 Å². The Morgan fingerprint density at radius 1 is 0.960 bits per heavy atom. The van der Waals surface area contributed by atoms with Crippen molar-refractivity contribution in [2.24, 2.45) is 0 Å². The van der Waals surface area contributed by atoms with Gasteiger partial charge in [0, 0.05) is 24.9 Å². The number of hydrogen-bond acceptors (Lipinski definition) is 7. The molecule has 0 fully saturated rings. The van der Waals surface area contributed by atoms with Gasteiger partial charge in [-0.05, 0) is 56.0 Å². The number of carbonyl (C=O) groups excluding carboxylic acids is 3. The number of benzene rings is 1. The normalized spacial score (nSPS) is 10.1. The molecule has 9 nitrogen and oxygen atoms in total. The highest BCUT2D eigenvalue weighted by atomic mass is 32.1. The van der Waals surface area contributed by atoms with Crippen LogP contribution in [0.5, 0.6) is 0 Å². The zero-order valence-electron chi connectivity index (χ0n) is 32.9. The molecular weight excluding hydrogens is 669 g/mol. The number of fused-ring (bicyclic) bond motifs is 1. The molecule has 1 atom stereocenters. The molecule has 0 saturated heterocycles. The number of hydrogen-bond donors (Lipinski definition) is 3. The summed E-state index contributed by atoms with van der Waals surface area (Å²) in [6.07, 6.45) is -3.89. The Morgan fingerprint density at radius 2 is 1.52 bits per heavy atom. The molecule has 1 aromatic carbocycles. The lowest BCUT2D eigenvalue weighted by Crippen LogP contribution is -2.51. The standard InChI is InChI=1S/C19H29F3N4O4.C9H8S.4C2H6.CH4O/c1-5-7-10-26(11-15(27)23-9-8-19(20,21)22)18(29)14(6-2)24-17(28)16-12(3)25-30-13(16)4;1-7-6-10-9-5-3-2-4-8(7)9;5*1-2/h14H,5-11H2,1-4H3,(H,23,27)(H,24,28);2-6H,1H3;4*1-2H3;2H,1H3/t14-;;;;;;/m0....../s1. The van der Waals surface area contributed by atoms with E-state index in [0.29, 0.717) is 17.9 Å². The molecule has 0 aliphatic carbocycles. The molecule has 13 heteroatoms. The maximum absolute atomic E-state index is 12.9. The summed E-state index contributed by atoms with van der Waals surface area (Å²) in [5.41, 5.74) is 2.02. The van der Waals surface area contributed by atoms with Gasteiger partial charge in [0.1, 0.15) is 17.4 Å². The number of nitrogens with one attached hydrogen (secondary N) is 2. The van der Waals surface area contributed by atoms with Crippen LogP contribution in [0.3, 0.4) is 0 Å². The Morgan fingerprint density at radius 3 is 1.98 bits per heavy atom. The van der Waals surface area contributed by atoms with Crippen molar-refractivity contribution in [2.75, 3.05) is 26.7 Å². The minimum Gasteiger partial charge on any atom is -0.400 e. The quantitative estimate of drug-likeness (QED) is 0.180. The van der Waals surface area contributed by atoms with Crippen LogP contribution >= 0.6 is 11.3 Å². The zero-order valence-corrected chi connectivity index (χ0v) is 33.7. The first-order valence-corrected chi connectivity index (χ1v) is 18.5. The lowest BCUT2D eigenvalue weighted by atomic mass is 10.1. The van der Waals surface area contributed by atoms with E-state index in [1.54, 1.807) is 20.8 Å². The zero-order chi connectivity index (χ0) is 39.9. The summed E-state index contributed by atoms with van der Waals surface area (Å²) in [5.74, 6) is -1.36. The van der Waals surface area contributed by atoms with Gasteiger partial charge in [0.2, 0.25) is 11.8 Å². The van der Waals surface area contributed by atoms with Crippen molar-refractivity contribution in [2.45, 2.75) is 128 Å². The topological polar surface area (TPSA) is 125 Å². The first-order chi connectivity index (χ1) is 23.9. The molecule has 2 heterocycles. The van der Waals surface area contributed by atoms with Gasteiger partial charge < -0.3 is 25.2 Å². The molecule has 50 heavy (non-hydrogen) atoms. The third kappa shape index (κ3) is 21.6. The maximum atomic E-state index is 12.9. The second-order valence-corrected chi connectivity index (χ2v) is 10.3. The molecule has 290 valence electrons. The van der Waals surface area contributed by atoms with Crippen molar-refractivity contribution >= 4 is 39.1 Å². The first-order valence-electron chi connectivity index (χ1n) is 17.6. The minimum absolute atomic E-state index is 0.242. The molecule has 3 rings (SSSR count). The molecule has 2 aromatic heterocycles. The number of alkyl halides is 3. The van der Waals surface area contributed by atoms with Crippen molar-refractivity contribution in [1.82, 2.24) is 20.7 Å². The first kappa shape index (κ1) is 53.3. The van der Waals surface area contributed by atoms with E-state index in [9.17, 15) is 27.6 Å². The Labute approximate surface area is 303 Å². The van der Waals surface area contributed by atoms with Crippen LogP contribution in [0.25, 0.3) is 10.1 Å². The van der Waals surface area contributed by atoms with Gasteiger partial charge in [-0.15, -0.1) is 11.3 Å². The van der Waals surface area contributed by atoms with Gasteiger partial charge in [0.15, 0.2) is 0 Å². The van der Waals surface area contributed by atoms with Crippen LogP contribution in [0.1, 0.15) is 122 Å². The third-order valence-corrected chi connectivity index (χ3v) is 7.19. The third-order valence-electron chi connectivity index (χ3n) is 6.11. The number of unbranched alkanes of at least 4 members (excludes halogenated alkanes) is 1. The largest absolute Gasteiger partial charge is 0.400 e. The number of amides is 3. The van der Waals surface area contributed by atoms with Gasteiger partial charge in [0.05, 0.1) is 18.7 Å². The summed E-state index contributed by atoms with van der Waals surface area (Å²) >= 11 is 1.81. The lowest BCUT2D eigenvalue weighted by Gasteiger charge is -2.27. The molecule has 0 saturated carbocycles. The van der Waals surface area contributed by atoms with Gasteiger partial charge in [0.25, 0.3) is 5.91 Å². The van der Waals surface area contributed by atoms with Crippen LogP contribution in [0.2, 0.25) is 0 Å². The molecule has 0 radical (unpaired) electrons. The molecule has 3 amide bonds. The van der Waals surface area contributed by atoms with Crippen molar-refractivity contribution in [3.63, 3.8) is 0 Å². The summed E-state index contributed by atoms with van der Waals surface area (Å²) < 4.78 is 43.1. The van der Waals surface area contributed by atoms with E-state index in [4.69, 9.17) is 9.63 Å². The molecule has 3 aromatic rings. The maximum Gasteiger partial charge on any atom is 0.390 e. The van der Waals surface area contributed by atoms with E-state index in [0.717, 1.165) is 13.5 Å². The monoisotopic (exact) mass is 734 g/mol. The Kier molecular flexibility index (Phi) is 34.9. The number of nitrogens with zero attached hydrogens (tertiary/aromatic N) is 2. The van der Waals surface area contributed by atoms with Crippen LogP contribution < -0.4 is 10.6 Å². The van der Waals surface area contributed by atoms with Crippen molar-refractivity contribution < 1.29 is 37.2 Å².